The largest absolute Gasteiger partial charge is 0.478 e. The summed E-state index contributed by atoms with van der Waals surface area (Å²) in [5.41, 5.74) is 1.01. The Morgan fingerprint density at radius 2 is 2.03 bits per heavy atom. The van der Waals surface area contributed by atoms with Gasteiger partial charge in [0.05, 0.1) is 13.2 Å². The van der Waals surface area contributed by atoms with Gasteiger partial charge in [0.15, 0.2) is 5.96 Å². The third-order valence-electron chi connectivity index (χ3n) is 4.09. The molecule has 0 aliphatic carbocycles. The van der Waals surface area contributed by atoms with Crippen LogP contribution in [0.3, 0.4) is 0 Å². The monoisotopic (exact) mass is 526 g/mol. The number of aromatic nitrogens is 1. The Labute approximate surface area is 192 Å². The quantitative estimate of drug-likeness (QED) is 0.234. The first-order valence-electron chi connectivity index (χ1n) is 9.46. The lowest BCUT2D eigenvalue weighted by molar-refractivity contribution is 0.184. The number of nitrogens with one attached hydrogen (secondary N) is 2. The van der Waals surface area contributed by atoms with Crippen LogP contribution >= 0.6 is 35.3 Å². The van der Waals surface area contributed by atoms with Crippen LogP contribution in [0.4, 0.5) is 0 Å². The molecule has 3 aromatic rings. The maximum absolute atomic E-state index is 10.6. The average Bonchev–Trinajstić information content (AvgIpc) is 3.15. The van der Waals surface area contributed by atoms with Gasteiger partial charge in [-0.2, -0.15) is 0 Å². The van der Waals surface area contributed by atoms with E-state index >= 15 is 0 Å². The first-order chi connectivity index (χ1) is 13.7. The summed E-state index contributed by atoms with van der Waals surface area (Å²) in [6, 6.07) is 14.0. The fraction of sp³-hybridized carbons (Fsp3) is 0.333. The van der Waals surface area contributed by atoms with Gasteiger partial charge in [0.1, 0.15) is 6.10 Å². The van der Waals surface area contributed by atoms with E-state index in [1.165, 1.54) is 4.70 Å². The molecule has 1 unspecified atom stereocenters. The summed E-state index contributed by atoms with van der Waals surface area (Å²) in [6.45, 7) is 6.15. The average molecular weight is 526 g/mol. The van der Waals surface area contributed by atoms with E-state index in [1.807, 2.05) is 44.2 Å². The summed E-state index contributed by atoms with van der Waals surface area (Å²) in [4.78, 5) is 9.71. The fourth-order valence-electron chi connectivity index (χ4n) is 2.75. The van der Waals surface area contributed by atoms with Crippen molar-refractivity contribution < 1.29 is 9.84 Å². The molecule has 0 aliphatic rings. The van der Waals surface area contributed by atoms with Crippen molar-refractivity contribution in [2.24, 2.45) is 4.99 Å². The molecule has 3 N–H and O–H groups in total. The van der Waals surface area contributed by atoms with Crippen molar-refractivity contribution in [3.63, 3.8) is 0 Å². The van der Waals surface area contributed by atoms with E-state index in [0.29, 0.717) is 31.5 Å². The lowest BCUT2D eigenvalue weighted by Crippen LogP contribution is -2.39. The minimum Gasteiger partial charge on any atom is -0.478 e. The van der Waals surface area contributed by atoms with Gasteiger partial charge in [-0.05, 0) is 43.0 Å². The summed E-state index contributed by atoms with van der Waals surface area (Å²) < 4.78 is 6.61. The number of halogens is 1. The third kappa shape index (κ3) is 6.83. The van der Waals surface area contributed by atoms with Crippen LogP contribution in [0.25, 0.3) is 10.1 Å². The molecule has 0 amide bonds. The predicted molar refractivity (Wildman–Crippen MR) is 130 cm³/mol. The number of hydrogen-bond donors (Lipinski definition) is 3. The van der Waals surface area contributed by atoms with Crippen LogP contribution in [0.2, 0.25) is 0 Å². The van der Waals surface area contributed by atoms with Gasteiger partial charge >= 0.3 is 0 Å². The number of aliphatic hydroxyl groups excluding tert-OH is 1. The molecule has 0 aliphatic heterocycles. The van der Waals surface area contributed by atoms with Crippen molar-refractivity contribution in [2.75, 3.05) is 19.7 Å². The standard InChI is InChI=1S/C21H26N4O2S.HI/c1-3-22-21(24-13-15-9-10-23-20(11-15)27-4-2)25-14-17(26)19-12-16-7-5-6-8-18(16)28-19;/h5-12,17,26H,3-4,13-14H2,1-2H3,(H2,22,24,25);1H. The summed E-state index contributed by atoms with van der Waals surface area (Å²) in [6.07, 6.45) is 1.13. The summed E-state index contributed by atoms with van der Waals surface area (Å²) in [5.74, 6) is 1.27. The molecule has 2 aromatic heterocycles. The Hall–Kier alpha value is -1.91. The van der Waals surface area contributed by atoms with Crippen LogP contribution < -0.4 is 15.4 Å². The Kier molecular flexibility index (Phi) is 9.62. The molecule has 3 rings (SSSR count). The predicted octanol–water partition coefficient (Wildman–Crippen LogP) is 4.10. The Morgan fingerprint density at radius 1 is 1.21 bits per heavy atom. The molecule has 8 heteroatoms. The van der Waals surface area contributed by atoms with E-state index in [9.17, 15) is 5.11 Å². The molecular weight excluding hydrogens is 499 g/mol. The summed E-state index contributed by atoms with van der Waals surface area (Å²) >= 11 is 1.62. The minimum atomic E-state index is -0.591. The third-order valence-corrected chi connectivity index (χ3v) is 5.31. The highest BCUT2D eigenvalue weighted by Gasteiger charge is 2.12. The molecule has 0 radical (unpaired) electrons. The molecule has 1 atom stereocenters. The number of thiophene rings is 1. The maximum Gasteiger partial charge on any atom is 0.213 e. The molecule has 0 spiro atoms. The van der Waals surface area contributed by atoms with Crippen molar-refractivity contribution in [3.05, 3.63) is 59.1 Å². The van der Waals surface area contributed by atoms with Gasteiger partial charge in [0, 0.05) is 34.9 Å². The van der Waals surface area contributed by atoms with Crippen LogP contribution in [-0.4, -0.2) is 35.7 Å². The normalized spacial score (nSPS) is 12.3. The molecule has 6 nitrogen and oxygen atoms in total. The fourth-order valence-corrected chi connectivity index (χ4v) is 3.80. The minimum absolute atomic E-state index is 0. The Bertz CT molecular complexity index is 899. The number of fused-ring (bicyclic) bond motifs is 1. The lowest BCUT2D eigenvalue weighted by Gasteiger charge is -2.14. The molecule has 29 heavy (non-hydrogen) atoms. The number of rotatable bonds is 8. The number of ether oxygens (including phenoxy) is 1. The zero-order chi connectivity index (χ0) is 19.8. The van der Waals surface area contributed by atoms with E-state index < -0.39 is 6.10 Å². The molecule has 2 heterocycles. The number of pyridine rings is 1. The number of aliphatic hydroxyl groups is 1. The van der Waals surface area contributed by atoms with E-state index in [1.54, 1.807) is 17.5 Å². The molecule has 0 bridgehead atoms. The lowest BCUT2D eigenvalue weighted by atomic mass is 10.2. The van der Waals surface area contributed by atoms with Crippen LogP contribution in [0.1, 0.15) is 30.4 Å². The molecule has 1 aromatic carbocycles. The summed E-state index contributed by atoms with van der Waals surface area (Å²) in [7, 11) is 0. The van der Waals surface area contributed by atoms with Crippen molar-refractivity contribution in [2.45, 2.75) is 26.5 Å². The van der Waals surface area contributed by atoms with Crippen LogP contribution in [-0.2, 0) is 6.54 Å². The van der Waals surface area contributed by atoms with E-state index in [4.69, 9.17) is 4.74 Å². The van der Waals surface area contributed by atoms with E-state index in [0.717, 1.165) is 22.4 Å². The molecule has 0 saturated carbocycles. The van der Waals surface area contributed by atoms with Crippen LogP contribution in [0, 0.1) is 0 Å². The number of aliphatic imine (C=N–C) groups is 1. The zero-order valence-corrected chi connectivity index (χ0v) is 19.7. The first-order valence-corrected chi connectivity index (χ1v) is 10.3. The van der Waals surface area contributed by atoms with Crippen molar-refractivity contribution in [3.8, 4) is 5.88 Å². The topological polar surface area (TPSA) is 78.8 Å². The zero-order valence-electron chi connectivity index (χ0n) is 16.6. The van der Waals surface area contributed by atoms with E-state index in [2.05, 4.69) is 32.7 Å². The van der Waals surface area contributed by atoms with Crippen molar-refractivity contribution in [1.29, 1.82) is 0 Å². The van der Waals surface area contributed by atoms with Crippen molar-refractivity contribution in [1.82, 2.24) is 15.6 Å². The molecule has 156 valence electrons. The molecular formula is C21H27IN4O2S. The Morgan fingerprint density at radius 3 is 2.79 bits per heavy atom. The highest BCUT2D eigenvalue weighted by atomic mass is 127. The summed E-state index contributed by atoms with van der Waals surface area (Å²) in [5, 5.41) is 18.1. The van der Waals surface area contributed by atoms with Gasteiger partial charge in [-0.3, -0.25) is 0 Å². The highest BCUT2D eigenvalue weighted by molar-refractivity contribution is 14.0. The number of guanidine groups is 1. The molecule has 0 saturated heterocycles. The van der Waals surface area contributed by atoms with Crippen LogP contribution in [0.5, 0.6) is 5.88 Å². The van der Waals surface area contributed by atoms with Crippen molar-refractivity contribution >= 4 is 51.4 Å². The van der Waals surface area contributed by atoms with Gasteiger partial charge in [0.25, 0.3) is 0 Å². The van der Waals surface area contributed by atoms with Gasteiger partial charge in [0.2, 0.25) is 5.88 Å². The number of hydrogen-bond acceptors (Lipinski definition) is 5. The molecule has 0 fully saturated rings. The Balaban J connectivity index is 0.00000300. The van der Waals surface area contributed by atoms with Gasteiger partial charge in [-0.1, -0.05) is 18.2 Å². The number of benzene rings is 1. The second kappa shape index (κ2) is 11.9. The maximum atomic E-state index is 10.6. The SMILES string of the molecule is CCNC(=NCc1ccnc(OCC)c1)NCC(O)c1cc2ccccc2s1.I. The highest BCUT2D eigenvalue weighted by Crippen LogP contribution is 2.29. The number of nitrogens with zero attached hydrogens (tertiary/aromatic N) is 2. The first kappa shape index (κ1) is 23.4. The van der Waals surface area contributed by atoms with E-state index in [-0.39, 0.29) is 24.0 Å². The van der Waals surface area contributed by atoms with Crippen LogP contribution in [0.15, 0.2) is 53.7 Å². The van der Waals surface area contributed by atoms with Gasteiger partial charge < -0.3 is 20.5 Å². The second-order valence-corrected chi connectivity index (χ2v) is 7.33. The van der Waals surface area contributed by atoms with Gasteiger partial charge in [-0.15, -0.1) is 35.3 Å². The smallest absolute Gasteiger partial charge is 0.213 e. The second-order valence-electron chi connectivity index (χ2n) is 6.21. The van der Waals surface area contributed by atoms with Gasteiger partial charge in [-0.25, -0.2) is 9.98 Å².